The molecule has 5 rings (SSSR count). The summed E-state index contributed by atoms with van der Waals surface area (Å²) in [6, 6.07) is 24.4. The van der Waals surface area contributed by atoms with E-state index in [0.29, 0.717) is 0 Å². The van der Waals surface area contributed by atoms with Gasteiger partial charge in [-0.3, -0.25) is 5.43 Å². The number of nitrogens with zero attached hydrogens (tertiary/aromatic N) is 2. The van der Waals surface area contributed by atoms with Crippen LogP contribution < -0.4 is 10.8 Å². The third kappa shape index (κ3) is 3.41. The fourth-order valence-corrected chi connectivity index (χ4v) is 4.30. The highest BCUT2D eigenvalue weighted by atomic mass is 32.1. The fourth-order valence-electron chi connectivity index (χ4n) is 3.49. The van der Waals surface area contributed by atoms with E-state index in [1.807, 2.05) is 54.6 Å². The number of rotatable bonds is 3. The summed E-state index contributed by atoms with van der Waals surface area (Å²) < 4.78 is 7.41. The van der Waals surface area contributed by atoms with E-state index < -0.39 is 0 Å². The van der Waals surface area contributed by atoms with Crippen molar-refractivity contribution >= 4 is 37.7 Å². The summed E-state index contributed by atoms with van der Waals surface area (Å²) in [7, 11) is 0. The van der Waals surface area contributed by atoms with Gasteiger partial charge < -0.3 is 4.42 Å². The van der Waals surface area contributed by atoms with Crippen molar-refractivity contribution < 1.29 is 4.42 Å². The quantitative estimate of drug-likeness (QED) is 0.366. The molecule has 2 heterocycles. The predicted octanol–water partition coefficient (Wildman–Crippen LogP) is 6.25. The van der Waals surface area contributed by atoms with Gasteiger partial charge >= 0.3 is 0 Å². The SMILES string of the molecule is Cc1cc(C)c2oc(-c3ccccc3)cc(=NNc3nc4ccccc4s3)c2c1. The van der Waals surface area contributed by atoms with Crippen molar-refractivity contribution in [3.63, 3.8) is 0 Å². The number of benzene rings is 3. The standard InChI is InChI=1S/C24H19N3OS/c1-15-12-16(2)23-18(13-15)20(14-21(28-23)17-8-4-3-5-9-17)26-27-24-25-19-10-6-7-11-22(19)29-24/h3-14H,1-2H3,(H,25,27). The minimum Gasteiger partial charge on any atom is -0.456 e. The highest BCUT2D eigenvalue weighted by molar-refractivity contribution is 7.22. The molecule has 3 aromatic carbocycles. The van der Waals surface area contributed by atoms with Gasteiger partial charge in [-0.25, -0.2) is 4.98 Å². The van der Waals surface area contributed by atoms with Gasteiger partial charge in [-0.05, 0) is 43.2 Å². The van der Waals surface area contributed by atoms with Crippen LogP contribution in [0.15, 0.2) is 82.3 Å². The molecular weight excluding hydrogens is 378 g/mol. The summed E-state index contributed by atoms with van der Waals surface area (Å²) in [6.07, 6.45) is 0. The van der Waals surface area contributed by atoms with Crippen LogP contribution in [-0.4, -0.2) is 4.98 Å². The van der Waals surface area contributed by atoms with Gasteiger partial charge in [-0.15, -0.1) is 0 Å². The lowest BCUT2D eigenvalue weighted by atomic mass is 10.1. The fraction of sp³-hybridized carbons (Fsp3) is 0.0833. The van der Waals surface area contributed by atoms with Gasteiger partial charge in [0.15, 0.2) is 0 Å². The number of thiazole rings is 1. The summed E-state index contributed by atoms with van der Waals surface area (Å²) in [6.45, 7) is 4.15. The van der Waals surface area contributed by atoms with Crippen molar-refractivity contribution in [3.05, 3.63) is 89.3 Å². The first-order valence-electron chi connectivity index (χ1n) is 9.43. The number of para-hydroxylation sites is 1. The third-order valence-corrected chi connectivity index (χ3v) is 5.74. The number of hydrogen-bond donors (Lipinski definition) is 1. The number of hydrogen-bond acceptors (Lipinski definition) is 5. The van der Waals surface area contributed by atoms with Crippen LogP contribution in [0.25, 0.3) is 32.5 Å². The molecule has 142 valence electrons. The van der Waals surface area contributed by atoms with Crippen LogP contribution in [0.2, 0.25) is 0 Å². The van der Waals surface area contributed by atoms with Gasteiger partial charge in [0, 0.05) is 17.0 Å². The molecule has 4 nitrogen and oxygen atoms in total. The van der Waals surface area contributed by atoms with Crippen LogP contribution >= 0.6 is 11.3 Å². The number of nitrogens with one attached hydrogen (secondary N) is 1. The second-order valence-electron chi connectivity index (χ2n) is 7.03. The lowest BCUT2D eigenvalue weighted by molar-refractivity contribution is 0.615. The zero-order valence-corrected chi connectivity index (χ0v) is 17.0. The molecule has 0 aliphatic carbocycles. The van der Waals surface area contributed by atoms with E-state index in [1.54, 1.807) is 11.3 Å². The molecule has 5 aromatic rings. The maximum absolute atomic E-state index is 6.27. The minimum absolute atomic E-state index is 0.769. The van der Waals surface area contributed by atoms with Crippen LogP contribution in [0.5, 0.6) is 0 Å². The summed E-state index contributed by atoms with van der Waals surface area (Å²) in [5, 5.41) is 7.29. The largest absolute Gasteiger partial charge is 0.456 e. The van der Waals surface area contributed by atoms with Crippen LogP contribution in [0.3, 0.4) is 0 Å². The van der Waals surface area contributed by atoms with E-state index in [9.17, 15) is 0 Å². The first-order valence-corrected chi connectivity index (χ1v) is 10.2. The molecular formula is C24H19N3OS. The molecule has 1 N–H and O–H groups in total. The van der Waals surface area contributed by atoms with E-state index >= 15 is 0 Å². The van der Waals surface area contributed by atoms with Crippen molar-refractivity contribution in [2.24, 2.45) is 5.10 Å². The van der Waals surface area contributed by atoms with Crippen molar-refractivity contribution in [1.82, 2.24) is 4.98 Å². The summed E-state index contributed by atoms with van der Waals surface area (Å²) in [5.41, 5.74) is 8.26. The van der Waals surface area contributed by atoms with Gasteiger partial charge in [0.25, 0.3) is 0 Å². The second kappa shape index (κ2) is 7.18. The van der Waals surface area contributed by atoms with Crippen LogP contribution in [-0.2, 0) is 0 Å². The molecule has 0 saturated carbocycles. The molecule has 0 unspecified atom stereocenters. The normalized spacial score (nSPS) is 12.0. The molecule has 0 bridgehead atoms. The summed E-state index contributed by atoms with van der Waals surface area (Å²) in [4.78, 5) is 4.61. The Kier molecular flexibility index (Phi) is 4.37. The highest BCUT2D eigenvalue weighted by Crippen LogP contribution is 2.27. The smallest absolute Gasteiger partial charge is 0.204 e. The van der Waals surface area contributed by atoms with Gasteiger partial charge in [-0.2, -0.15) is 5.10 Å². The lowest BCUT2D eigenvalue weighted by Crippen LogP contribution is -2.08. The molecule has 0 fully saturated rings. The number of aromatic nitrogens is 1. The molecule has 0 saturated heterocycles. The molecule has 0 spiro atoms. The highest BCUT2D eigenvalue weighted by Gasteiger charge is 2.09. The Hall–Kier alpha value is -3.44. The third-order valence-electron chi connectivity index (χ3n) is 4.80. The maximum Gasteiger partial charge on any atom is 0.204 e. The van der Waals surface area contributed by atoms with Crippen LogP contribution in [0.4, 0.5) is 5.13 Å². The summed E-state index contributed by atoms with van der Waals surface area (Å²) >= 11 is 1.59. The Morgan fingerprint density at radius 2 is 1.72 bits per heavy atom. The molecule has 0 aliphatic heterocycles. The van der Waals surface area contributed by atoms with Crippen molar-refractivity contribution in [1.29, 1.82) is 0 Å². The maximum atomic E-state index is 6.27. The van der Waals surface area contributed by atoms with Crippen molar-refractivity contribution in [2.75, 3.05) is 5.43 Å². The van der Waals surface area contributed by atoms with E-state index in [-0.39, 0.29) is 0 Å². The van der Waals surface area contributed by atoms with E-state index in [1.165, 1.54) is 5.56 Å². The van der Waals surface area contributed by atoms with Crippen LogP contribution in [0.1, 0.15) is 11.1 Å². The topological polar surface area (TPSA) is 50.4 Å². The van der Waals surface area contributed by atoms with E-state index in [2.05, 4.69) is 42.5 Å². The Labute approximate surface area is 172 Å². The van der Waals surface area contributed by atoms with Gasteiger partial charge in [0.05, 0.1) is 15.6 Å². The zero-order valence-electron chi connectivity index (χ0n) is 16.1. The molecule has 0 radical (unpaired) electrons. The molecule has 2 aromatic heterocycles. The number of fused-ring (bicyclic) bond motifs is 2. The van der Waals surface area contributed by atoms with E-state index in [4.69, 9.17) is 9.52 Å². The monoisotopic (exact) mass is 397 g/mol. The molecule has 0 atom stereocenters. The van der Waals surface area contributed by atoms with Crippen LogP contribution in [0, 0.1) is 13.8 Å². The van der Waals surface area contributed by atoms with Crippen molar-refractivity contribution in [2.45, 2.75) is 13.8 Å². The Bertz CT molecular complexity index is 1370. The van der Waals surface area contributed by atoms with Gasteiger partial charge in [0.2, 0.25) is 5.13 Å². The lowest BCUT2D eigenvalue weighted by Gasteiger charge is -2.08. The average molecular weight is 398 g/mol. The predicted molar refractivity (Wildman–Crippen MR) is 120 cm³/mol. The molecule has 0 aliphatic rings. The van der Waals surface area contributed by atoms with Gasteiger partial charge in [-0.1, -0.05) is 59.9 Å². The second-order valence-corrected chi connectivity index (χ2v) is 8.06. The average Bonchev–Trinajstić information content (AvgIpc) is 3.16. The Morgan fingerprint density at radius 1 is 0.931 bits per heavy atom. The Balaban J connectivity index is 1.68. The first kappa shape index (κ1) is 17.6. The summed E-state index contributed by atoms with van der Waals surface area (Å²) in [5.74, 6) is 0.787. The number of aryl methyl sites for hydroxylation is 2. The zero-order chi connectivity index (χ0) is 19.8. The number of anilines is 1. The Morgan fingerprint density at radius 3 is 2.55 bits per heavy atom. The van der Waals surface area contributed by atoms with Crippen molar-refractivity contribution in [3.8, 4) is 11.3 Å². The van der Waals surface area contributed by atoms with E-state index in [0.717, 1.165) is 48.6 Å². The minimum atomic E-state index is 0.769. The molecule has 5 heteroatoms. The van der Waals surface area contributed by atoms with Gasteiger partial charge in [0.1, 0.15) is 11.3 Å². The molecule has 0 amide bonds. The molecule has 29 heavy (non-hydrogen) atoms. The first-order chi connectivity index (χ1) is 14.2.